The van der Waals surface area contributed by atoms with Gasteiger partial charge in [-0.2, -0.15) is 0 Å². The van der Waals surface area contributed by atoms with Crippen LogP contribution in [-0.2, 0) is 6.42 Å². The Kier molecular flexibility index (Phi) is 5.33. The Bertz CT molecular complexity index is 626. The predicted molar refractivity (Wildman–Crippen MR) is 85.9 cm³/mol. The van der Waals surface area contributed by atoms with Crippen molar-refractivity contribution in [3.8, 4) is 11.5 Å². The number of nitro groups is 1. The van der Waals surface area contributed by atoms with Gasteiger partial charge in [-0.1, -0.05) is 41.4 Å². The predicted octanol–water partition coefficient (Wildman–Crippen LogP) is 5.49. The van der Waals surface area contributed by atoms with E-state index >= 15 is 0 Å². The molecule has 0 aliphatic rings. The summed E-state index contributed by atoms with van der Waals surface area (Å²) >= 11 is 3.22. The van der Waals surface area contributed by atoms with Crippen molar-refractivity contribution in [3.05, 3.63) is 62.6 Å². The van der Waals surface area contributed by atoms with E-state index in [1.807, 2.05) is 24.3 Å². The summed E-state index contributed by atoms with van der Waals surface area (Å²) in [5.41, 5.74) is 1.19. The molecule has 2 aromatic rings. The van der Waals surface area contributed by atoms with Crippen molar-refractivity contribution in [1.29, 1.82) is 0 Å². The van der Waals surface area contributed by atoms with Crippen LogP contribution in [-0.4, -0.2) is 4.92 Å². The standard InChI is InChI=1S/C16H16BrNO3/c1-2-3-4-12-5-8-14(9-6-12)21-16-10-7-13(17)11-15(16)18(19)20/h5-11H,2-4H2,1H3. The van der Waals surface area contributed by atoms with Gasteiger partial charge in [0, 0.05) is 10.5 Å². The lowest BCUT2D eigenvalue weighted by atomic mass is 10.1. The van der Waals surface area contributed by atoms with Gasteiger partial charge >= 0.3 is 5.69 Å². The molecule has 110 valence electrons. The summed E-state index contributed by atoms with van der Waals surface area (Å²) in [5.74, 6) is 0.838. The van der Waals surface area contributed by atoms with Crippen LogP contribution in [0, 0.1) is 10.1 Å². The van der Waals surface area contributed by atoms with E-state index in [1.165, 1.54) is 11.6 Å². The second-order valence-electron chi connectivity index (χ2n) is 4.72. The Hall–Kier alpha value is -1.88. The van der Waals surface area contributed by atoms with Gasteiger partial charge in [0.05, 0.1) is 4.92 Å². The third-order valence-electron chi connectivity index (χ3n) is 3.09. The van der Waals surface area contributed by atoms with Crippen LogP contribution in [0.3, 0.4) is 0 Å². The lowest BCUT2D eigenvalue weighted by molar-refractivity contribution is -0.385. The fourth-order valence-electron chi connectivity index (χ4n) is 1.95. The molecule has 0 atom stereocenters. The molecule has 0 aromatic heterocycles. The van der Waals surface area contributed by atoms with Crippen molar-refractivity contribution in [2.45, 2.75) is 26.2 Å². The first kappa shape index (κ1) is 15.5. The highest BCUT2D eigenvalue weighted by Crippen LogP contribution is 2.33. The fourth-order valence-corrected chi connectivity index (χ4v) is 2.30. The van der Waals surface area contributed by atoms with Crippen LogP contribution in [0.5, 0.6) is 11.5 Å². The van der Waals surface area contributed by atoms with Gasteiger partial charge in [-0.15, -0.1) is 0 Å². The zero-order valence-electron chi connectivity index (χ0n) is 11.7. The summed E-state index contributed by atoms with van der Waals surface area (Å²) in [6, 6.07) is 12.4. The first-order chi connectivity index (χ1) is 10.1. The molecule has 0 aliphatic heterocycles. The minimum atomic E-state index is -0.449. The summed E-state index contributed by atoms with van der Waals surface area (Å²) in [6.45, 7) is 2.16. The molecule has 0 bridgehead atoms. The Balaban J connectivity index is 2.16. The van der Waals surface area contributed by atoms with Crippen molar-refractivity contribution < 1.29 is 9.66 Å². The number of unbranched alkanes of at least 4 members (excludes halogenated alkanes) is 1. The van der Waals surface area contributed by atoms with Gasteiger partial charge in [0.1, 0.15) is 5.75 Å². The third-order valence-corrected chi connectivity index (χ3v) is 3.58. The number of hydrogen-bond donors (Lipinski definition) is 0. The van der Waals surface area contributed by atoms with E-state index in [0.29, 0.717) is 10.2 Å². The molecule has 0 spiro atoms. The van der Waals surface area contributed by atoms with Crippen molar-refractivity contribution in [2.24, 2.45) is 0 Å². The Labute approximate surface area is 132 Å². The van der Waals surface area contributed by atoms with Crippen LogP contribution in [0.2, 0.25) is 0 Å². The number of aryl methyl sites for hydroxylation is 1. The average molecular weight is 350 g/mol. The fraction of sp³-hybridized carbons (Fsp3) is 0.250. The summed E-state index contributed by atoms with van der Waals surface area (Å²) in [7, 11) is 0. The van der Waals surface area contributed by atoms with Crippen LogP contribution in [0.25, 0.3) is 0 Å². The molecule has 0 heterocycles. The van der Waals surface area contributed by atoms with Crippen LogP contribution in [0.15, 0.2) is 46.9 Å². The van der Waals surface area contributed by atoms with Gasteiger partial charge in [-0.3, -0.25) is 10.1 Å². The van der Waals surface area contributed by atoms with E-state index in [2.05, 4.69) is 22.9 Å². The monoisotopic (exact) mass is 349 g/mol. The minimum Gasteiger partial charge on any atom is -0.450 e. The summed E-state index contributed by atoms with van der Waals surface area (Å²) < 4.78 is 6.27. The molecule has 2 rings (SSSR count). The van der Waals surface area contributed by atoms with E-state index in [1.54, 1.807) is 12.1 Å². The smallest absolute Gasteiger partial charge is 0.312 e. The van der Waals surface area contributed by atoms with Crippen LogP contribution in [0.1, 0.15) is 25.3 Å². The normalized spacial score (nSPS) is 10.4. The number of nitro benzene ring substituents is 1. The Morgan fingerprint density at radius 3 is 2.52 bits per heavy atom. The van der Waals surface area contributed by atoms with Gasteiger partial charge in [-0.25, -0.2) is 0 Å². The number of hydrogen-bond acceptors (Lipinski definition) is 3. The minimum absolute atomic E-state index is 0.0561. The molecule has 0 saturated carbocycles. The van der Waals surface area contributed by atoms with Crippen LogP contribution < -0.4 is 4.74 Å². The maximum Gasteiger partial charge on any atom is 0.312 e. The molecule has 0 fully saturated rings. The van der Waals surface area contributed by atoms with Gasteiger partial charge in [0.2, 0.25) is 5.75 Å². The largest absolute Gasteiger partial charge is 0.450 e. The first-order valence-electron chi connectivity index (χ1n) is 6.81. The van der Waals surface area contributed by atoms with Crippen LogP contribution in [0.4, 0.5) is 5.69 Å². The SMILES string of the molecule is CCCCc1ccc(Oc2ccc(Br)cc2[N+](=O)[O-])cc1. The van der Waals surface area contributed by atoms with E-state index in [4.69, 9.17) is 4.74 Å². The zero-order chi connectivity index (χ0) is 15.2. The number of ether oxygens (including phenoxy) is 1. The third kappa shape index (κ3) is 4.29. The van der Waals surface area contributed by atoms with Gasteiger partial charge in [0.15, 0.2) is 0 Å². The molecular formula is C16H16BrNO3. The molecule has 2 aromatic carbocycles. The van der Waals surface area contributed by atoms with Crippen LogP contribution >= 0.6 is 15.9 Å². The number of rotatable bonds is 6. The number of halogens is 1. The maximum absolute atomic E-state index is 11.0. The van der Waals surface area contributed by atoms with Gasteiger partial charge < -0.3 is 4.74 Å². The van der Waals surface area contributed by atoms with Crippen molar-refractivity contribution in [1.82, 2.24) is 0 Å². The van der Waals surface area contributed by atoms with Gasteiger partial charge in [-0.05, 0) is 42.7 Å². The number of benzene rings is 2. The number of nitrogens with zero attached hydrogens (tertiary/aromatic N) is 1. The highest BCUT2D eigenvalue weighted by molar-refractivity contribution is 9.10. The summed E-state index contributed by atoms with van der Waals surface area (Å²) in [5, 5.41) is 11.0. The molecule has 0 amide bonds. The second kappa shape index (κ2) is 7.22. The Morgan fingerprint density at radius 2 is 1.90 bits per heavy atom. The van der Waals surface area contributed by atoms with Crippen molar-refractivity contribution in [3.63, 3.8) is 0 Å². The van der Waals surface area contributed by atoms with E-state index in [0.717, 1.165) is 19.3 Å². The molecule has 0 saturated heterocycles. The van der Waals surface area contributed by atoms with E-state index < -0.39 is 4.92 Å². The quantitative estimate of drug-likeness (QED) is 0.511. The summed E-state index contributed by atoms with van der Waals surface area (Å²) in [6.07, 6.45) is 3.34. The van der Waals surface area contributed by atoms with Crippen molar-refractivity contribution in [2.75, 3.05) is 0 Å². The first-order valence-corrected chi connectivity index (χ1v) is 7.60. The zero-order valence-corrected chi connectivity index (χ0v) is 13.3. The van der Waals surface area contributed by atoms with Gasteiger partial charge in [0.25, 0.3) is 0 Å². The molecule has 0 aliphatic carbocycles. The lowest BCUT2D eigenvalue weighted by Crippen LogP contribution is -1.93. The molecule has 5 heteroatoms. The average Bonchev–Trinajstić information content (AvgIpc) is 2.48. The molecule has 0 unspecified atom stereocenters. The highest BCUT2D eigenvalue weighted by Gasteiger charge is 2.16. The molecule has 4 nitrogen and oxygen atoms in total. The lowest BCUT2D eigenvalue weighted by Gasteiger charge is -2.07. The second-order valence-corrected chi connectivity index (χ2v) is 5.63. The Morgan fingerprint density at radius 1 is 1.19 bits per heavy atom. The summed E-state index contributed by atoms with van der Waals surface area (Å²) in [4.78, 5) is 10.6. The molecular weight excluding hydrogens is 334 g/mol. The molecule has 0 N–H and O–H groups in total. The van der Waals surface area contributed by atoms with E-state index in [-0.39, 0.29) is 11.4 Å². The topological polar surface area (TPSA) is 52.4 Å². The van der Waals surface area contributed by atoms with E-state index in [9.17, 15) is 10.1 Å². The highest BCUT2D eigenvalue weighted by atomic mass is 79.9. The molecule has 21 heavy (non-hydrogen) atoms. The molecule has 0 radical (unpaired) electrons. The van der Waals surface area contributed by atoms with Crippen molar-refractivity contribution >= 4 is 21.6 Å². The maximum atomic E-state index is 11.0.